The van der Waals surface area contributed by atoms with Gasteiger partial charge in [-0.05, 0) is 64.3 Å². The average molecular weight is 323 g/mol. The molecule has 24 heavy (non-hydrogen) atoms. The number of H-pyrrole nitrogens is 1. The molecule has 0 saturated heterocycles. The number of hydrogen-bond acceptors (Lipinski definition) is 4. The number of benzene rings is 2. The van der Waals surface area contributed by atoms with Gasteiger partial charge in [0, 0.05) is 11.3 Å². The molecule has 0 atom stereocenters. The van der Waals surface area contributed by atoms with Gasteiger partial charge in [0.15, 0.2) is 5.69 Å². The first-order valence-electron chi connectivity index (χ1n) is 7.78. The Morgan fingerprint density at radius 2 is 1.83 bits per heavy atom. The Kier molecular flexibility index (Phi) is 4.60. The molecule has 1 amide bonds. The van der Waals surface area contributed by atoms with Gasteiger partial charge < -0.3 is 5.32 Å². The monoisotopic (exact) mass is 323 g/mol. The third-order valence-electron chi connectivity index (χ3n) is 3.54. The minimum absolute atomic E-state index is 0.154. The molecule has 0 bridgehead atoms. The maximum Gasteiger partial charge on any atom is 0.255 e. The Labute approximate surface area is 139 Å². The van der Waals surface area contributed by atoms with Gasteiger partial charge in [-0.1, -0.05) is 26.0 Å². The van der Waals surface area contributed by atoms with Crippen LogP contribution in [0.5, 0.6) is 0 Å². The number of nitrogens with one attached hydrogen (secondary N) is 2. The van der Waals surface area contributed by atoms with Crippen molar-refractivity contribution < 1.29 is 9.59 Å². The van der Waals surface area contributed by atoms with Gasteiger partial charge in [-0.3, -0.25) is 4.79 Å². The number of hydrogen-bond donors (Lipinski definition) is 2. The largest absolute Gasteiger partial charge is 0.322 e. The second-order valence-electron chi connectivity index (χ2n) is 5.99. The Balaban J connectivity index is 1.66. The minimum atomic E-state index is -0.154. The van der Waals surface area contributed by atoms with Crippen LogP contribution in [0, 0.1) is 5.92 Å². The highest BCUT2D eigenvalue weighted by atomic mass is 16.1. The number of carbonyl (C=O) groups is 1. The number of nitrogens with zero attached hydrogens (tertiary/aromatic N) is 4. The Morgan fingerprint density at radius 3 is 2.42 bits per heavy atom. The zero-order chi connectivity index (χ0) is 16.9. The van der Waals surface area contributed by atoms with E-state index in [4.69, 9.17) is 0 Å². The van der Waals surface area contributed by atoms with Crippen LogP contribution in [0.25, 0.3) is 5.69 Å². The molecule has 0 aliphatic heterocycles. The molecule has 0 aliphatic carbocycles. The van der Waals surface area contributed by atoms with Crippen LogP contribution in [0.2, 0.25) is 0 Å². The summed E-state index contributed by atoms with van der Waals surface area (Å²) in [6, 6.07) is 15.0. The van der Waals surface area contributed by atoms with Crippen LogP contribution in [0.3, 0.4) is 0 Å². The van der Waals surface area contributed by atoms with Crippen LogP contribution in [-0.2, 0) is 6.42 Å². The molecule has 1 heterocycles. The zero-order valence-corrected chi connectivity index (χ0v) is 13.6. The lowest BCUT2D eigenvalue weighted by atomic mass is 10.0. The number of carbonyl (C=O) groups excluding carboxylic acids is 1. The van der Waals surface area contributed by atoms with Gasteiger partial charge >= 0.3 is 0 Å². The molecular formula is C17H19N6O+. The molecule has 2 N–H and O–H groups in total. The van der Waals surface area contributed by atoms with Crippen LogP contribution in [0.4, 0.5) is 5.69 Å². The first kappa shape index (κ1) is 15.8. The van der Waals surface area contributed by atoms with Crippen molar-refractivity contribution in [1.82, 2.24) is 20.9 Å². The molecule has 122 valence electrons. The summed E-state index contributed by atoms with van der Waals surface area (Å²) in [5.74, 6) is 0.459. The van der Waals surface area contributed by atoms with E-state index in [0.717, 1.165) is 17.8 Å². The predicted molar refractivity (Wildman–Crippen MR) is 88.6 cm³/mol. The van der Waals surface area contributed by atoms with Crippen LogP contribution in [0.15, 0.2) is 48.5 Å². The maximum atomic E-state index is 12.3. The highest BCUT2D eigenvalue weighted by Crippen LogP contribution is 2.14. The maximum absolute atomic E-state index is 12.3. The predicted octanol–water partition coefficient (Wildman–Crippen LogP) is 1.93. The molecule has 3 aromatic rings. The highest BCUT2D eigenvalue weighted by molar-refractivity contribution is 6.04. The number of amides is 1. The molecule has 3 rings (SSSR count). The van der Waals surface area contributed by atoms with Crippen molar-refractivity contribution in [2.24, 2.45) is 5.92 Å². The molecule has 0 fully saturated rings. The molecule has 0 spiro atoms. The molecule has 7 heteroatoms. The summed E-state index contributed by atoms with van der Waals surface area (Å²) in [6.45, 7) is 4.37. The van der Waals surface area contributed by atoms with E-state index in [2.05, 4.69) is 40.0 Å². The Morgan fingerprint density at radius 1 is 1.12 bits per heavy atom. The Bertz CT molecular complexity index is 794. The van der Waals surface area contributed by atoms with Crippen molar-refractivity contribution >= 4 is 11.6 Å². The second-order valence-corrected chi connectivity index (χ2v) is 5.99. The summed E-state index contributed by atoms with van der Waals surface area (Å²) >= 11 is 0. The molecule has 0 unspecified atom stereocenters. The number of aromatic nitrogens is 5. The third-order valence-corrected chi connectivity index (χ3v) is 3.54. The quantitative estimate of drug-likeness (QED) is 0.702. The van der Waals surface area contributed by atoms with E-state index in [9.17, 15) is 4.79 Å². The van der Waals surface area contributed by atoms with Gasteiger partial charge in [0.1, 0.15) is 5.21 Å². The summed E-state index contributed by atoms with van der Waals surface area (Å²) < 4.78 is 0. The number of aromatic amines is 1. The first-order valence-corrected chi connectivity index (χ1v) is 7.78. The smallest absolute Gasteiger partial charge is 0.255 e. The van der Waals surface area contributed by atoms with Gasteiger partial charge in [-0.2, -0.15) is 0 Å². The molecule has 0 saturated carbocycles. The van der Waals surface area contributed by atoms with Crippen molar-refractivity contribution in [3.8, 4) is 5.69 Å². The highest BCUT2D eigenvalue weighted by Gasteiger charge is 2.09. The Hall–Kier alpha value is -3.09. The van der Waals surface area contributed by atoms with Crippen LogP contribution >= 0.6 is 0 Å². The third kappa shape index (κ3) is 3.81. The fourth-order valence-corrected chi connectivity index (χ4v) is 2.40. The van der Waals surface area contributed by atoms with Gasteiger partial charge in [0.25, 0.3) is 5.91 Å². The summed E-state index contributed by atoms with van der Waals surface area (Å²) in [7, 11) is 0. The van der Waals surface area contributed by atoms with Crippen molar-refractivity contribution in [3.63, 3.8) is 0 Å². The topological polar surface area (TPSA) is 87.4 Å². The molecule has 2 aromatic carbocycles. The van der Waals surface area contributed by atoms with E-state index in [1.165, 1.54) is 10.4 Å². The van der Waals surface area contributed by atoms with E-state index in [1.54, 1.807) is 24.3 Å². The summed E-state index contributed by atoms with van der Waals surface area (Å²) in [6.07, 6.45) is 1.03. The van der Waals surface area contributed by atoms with Crippen molar-refractivity contribution in [2.45, 2.75) is 20.3 Å². The second kappa shape index (κ2) is 6.99. The summed E-state index contributed by atoms with van der Waals surface area (Å²) in [4.78, 5) is 13.7. The average Bonchev–Trinajstić information content (AvgIpc) is 3.11. The van der Waals surface area contributed by atoms with Gasteiger partial charge in [-0.15, -0.1) is 0 Å². The standard InChI is InChI=1S/C17H18N6O/c1-12(2)11-13-3-7-15(8-4-13)18-17(24)14-5-9-16(10-6-14)23-21-19-20-22-23/h3-10,12H,11H2,1-2H3,(H,18,24)/p+1. The van der Waals surface area contributed by atoms with E-state index in [1.807, 2.05) is 24.3 Å². The van der Waals surface area contributed by atoms with Crippen molar-refractivity contribution in [3.05, 3.63) is 59.7 Å². The van der Waals surface area contributed by atoms with E-state index in [-0.39, 0.29) is 5.91 Å². The van der Waals surface area contributed by atoms with E-state index >= 15 is 0 Å². The van der Waals surface area contributed by atoms with Crippen molar-refractivity contribution in [2.75, 3.05) is 5.32 Å². The lowest BCUT2D eigenvalue weighted by molar-refractivity contribution is -0.719. The number of rotatable bonds is 5. The molecule has 0 radical (unpaired) electrons. The lowest BCUT2D eigenvalue weighted by Gasteiger charge is -2.08. The van der Waals surface area contributed by atoms with Gasteiger partial charge in [0.2, 0.25) is 10.4 Å². The number of anilines is 1. The van der Waals surface area contributed by atoms with Crippen molar-refractivity contribution in [1.29, 1.82) is 0 Å². The SMILES string of the molecule is CC(C)Cc1ccc(NC(=O)c2ccc(-[n+]3nnn[nH]3)cc2)cc1. The van der Waals surface area contributed by atoms with Gasteiger partial charge in [0.05, 0.1) is 0 Å². The van der Waals surface area contributed by atoms with E-state index < -0.39 is 0 Å². The fraction of sp³-hybridized carbons (Fsp3) is 0.235. The summed E-state index contributed by atoms with van der Waals surface area (Å²) in [5.41, 5.74) is 3.36. The van der Waals surface area contributed by atoms with Gasteiger partial charge in [-0.25, -0.2) is 0 Å². The first-order chi connectivity index (χ1) is 11.6. The van der Waals surface area contributed by atoms with E-state index in [0.29, 0.717) is 11.5 Å². The normalized spacial score (nSPS) is 10.8. The molecule has 7 nitrogen and oxygen atoms in total. The zero-order valence-electron chi connectivity index (χ0n) is 13.6. The molecule has 0 aliphatic rings. The fourth-order valence-electron chi connectivity index (χ4n) is 2.40. The summed E-state index contributed by atoms with van der Waals surface area (Å²) in [5, 5.41) is 16.3. The lowest BCUT2D eigenvalue weighted by Crippen LogP contribution is -2.36. The molecule has 1 aromatic heterocycles. The van der Waals surface area contributed by atoms with Crippen LogP contribution in [0.1, 0.15) is 29.8 Å². The molecular weight excluding hydrogens is 304 g/mol. The van der Waals surface area contributed by atoms with Crippen LogP contribution < -0.4 is 10.1 Å². The minimum Gasteiger partial charge on any atom is -0.322 e. The van der Waals surface area contributed by atoms with Crippen LogP contribution in [-0.4, -0.2) is 26.8 Å².